The predicted molar refractivity (Wildman–Crippen MR) is 122 cm³/mol. The first kappa shape index (κ1) is 21.9. The summed E-state index contributed by atoms with van der Waals surface area (Å²) in [6, 6.07) is 6.32. The Morgan fingerprint density at radius 1 is 1.03 bits per heavy atom. The number of pyridine rings is 1. The van der Waals surface area contributed by atoms with E-state index < -0.39 is 18.3 Å². The fourth-order valence-corrected chi connectivity index (χ4v) is 3.92. The molecule has 1 fully saturated rings. The maximum atomic E-state index is 6.38. The molecule has 1 aromatic heterocycles. The molecule has 1 aromatic carbocycles. The van der Waals surface area contributed by atoms with Gasteiger partial charge in [-0.3, -0.25) is 4.98 Å². The van der Waals surface area contributed by atoms with Crippen molar-refractivity contribution < 1.29 is 14.0 Å². The van der Waals surface area contributed by atoms with Crippen LogP contribution in [-0.4, -0.2) is 43.5 Å². The number of methoxy groups -OCH3 is 1. The lowest BCUT2D eigenvalue weighted by Gasteiger charge is -2.32. The quantitative estimate of drug-likeness (QED) is 0.644. The Labute approximate surface area is 175 Å². The summed E-state index contributed by atoms with van der Waals surface area (Å²) in [6.45, 7) is 16.8. The summed E-state index contributed by atoms with van der Waals surface area (Å²) in [4.78, 5) is 7.38. The predicted octanol–water partition coefficient (Wildman–Crippen LogP) is 4.48. The number of rotatable bonds is 7. The van der Waals surface area contributed by atoms with Gasteiger partial charge in [0.1, 0.15) is 5.75 Å². The molecule has 0 bridgehead atoms. The fraction of sp³-hybridized carbons (Fsp3) is 0.609. The van der Waals surface area contributed by atoms with E-state index in [1.165, 1.54) is 5.69 Å². The van der Waals surface area contributed by atoms with Crippen LogP contribution in [-0.2, 0) is 9.31 Å². The molecule has 0 saturated carbocycles. The highest BCUT2D eigenvalue weighted by atomic mass is 16.7. The molecule has 2 heterocycles. The monoisotopic (exact) mass is 398 g/mol. The first-order valence-electron chi connectivity index (χ1n) is 10.7. The Bertz CT molecular complexity index is 860. The molecule has 3 rings (SSSR count). The van der Waals surface area contributed by atoms with Crippen LogP contribution in [0, 0.1) is 6.92 Å². The molecule has 5 nitrogen and oxygen atoms in total. The highest BCUT2D eigenvalue weighted by molar-refractivity contribution is 6.66. The van der Waals surface area contributed by atoms with Gasteiger partial charge in [0, 0.05) is 29.9 Å². The first-order valence-corrected chi connectivity index (χ1v) is 10.7. The molecule has 0 spiro atoms. The molecule has 29 heavy (non-hydrogen) atoms. The second kappa shape index (κ2) is 8.15. The summed E-state index contributed by atoms with van der Waals surface area (Å²) >= 11 is 0. The van der Waals surface area contributed by atoms with Gasteiger partial charge in [0.25, 0.3) is 0 Å². The maximum absolute atomic E-state index is 6.38. The Kier molecular flexibility index (Phi) is 6.16. The lowest BCUT2D eigenvalue weighted by molar-refractivity contribution is 0.00578. The average molecular weight is 398 g/mol. The molecule has 0 atom stereocenters. The van der Waals surface area contributed by atoms with Crippen molar-refractivity contribution in [3.8, 4) is 5.75 Å². The molecule has 0 unspecified atom stereocenters. The van der Waals surface area contributed by atoms with Crippen LogP contribution in [0.2, 0.25) is 0 Å². The summed E-state index contributed by atoms with van der Waals surface area (Å²) in [5.74, 6) is 0.748. The minimum Gasteiger partial charge on any atom is -0.497 e. The number of ether oxygens (including phenoxy) is 1. The molecule has 158 valence electrons. The smallest absolute Gasteiger partial charge is 0.497 e. The molecule has 1 saturated heterocycles. The Balaban J connectivity index is 2.22. The van der Waals surface area contributed by atoms with Crippen LogP contribution in [0.25, 0.3) is 10.9 Å². The summed E-state index contributed by atoms with van der Waals surface area (Å²) in [7, 11) is 1.17. The molecule has 2 aromatic rings. The average Bonchev–Trinajstić information content (AvgIpc) is 2.86. The van der Waals surface area contributed by atoms with Crippen molar-refractivity contribution in [2.45, 2.75) is 72.5 Å². The van der Waals surface area contributed by atoms with E-state index in [2.05, 4.69) is 58.6 Å². The molecule has 0 N–H and O–H groups in total. The van der Waals surface area contributed by atoms with Crippen LogP contribution in [0.3, 0.4) is 0 Å². The van der Waals surface area contributed by atoms with Crippen molar-refractivity contribution in [3.63, 3.8) is 0 Å². The van der Waals surface area contributed by atoms with Gasteiger partial charge in [-0.15, -0.1) is 0 Å². The summed E-state index contributed by atoms with van der Waals surface area (Å²) in [5, 5.41) is 1.11. The van der Waals surface area contributed by atoms with Crippen LogP contribution in [0.15, 0.2) is 18.2 Å². The number of aryl methyl sites for hydroxylation is 1. The van der Waals surface area contributed by atoms with E-state index in [1.807, 2.05) is 13.0 Å². The Hall–Kier alpha value is -1.79. The van der Waals surface area contributed by atoms with Gasteiger partial charge in [-0.25, -0.2) is 0 Å². The Morgan fingerprint density at radius 3 is 2.14 bits per heavy atom. The van der Waals surface area contributed by atoms with Gasteiger partial charge in [-0.05, 0) is 65.7 Å². The van der Waals surface area contributed by atoms with Crippen LogP contribution >= 0.6 is 0 Å². The number of nitrogens with zero attached hydrogens (tertiary/aromatic N) is 2. The summed E-state index contributed by atoms with van der Waals surface area (Å²) in [6.07, 6.45) is 2.20. The molecule has 0 radical (unpaired) electrons. The lowest BCUT2D eigenvalue weighted by atomic mass is 9.76. The minimum atomic E-state index is -0.522. The third-order valence-electron chi connectivity index (χ3n) is 6.12. The van der Waals surface area contributed by atoms with E-state index in [4.69, 9.17) is 19.0 Å². The van der Waals surface area contributed by atoms with Crippen LogP contribution in [0.5, 0.6) is 5.75 Å². The van der Waals surface area contributed by atoms with Crippen molar-refractivity contribution in [1.82, 2.24) is 4.98 Å². The fourth-order valence-electron chi connectivity index (χ4n) is 3.92. The van der Waals surface area contributed by atoms with Crippen LogP contribution in [0.4, 0.5) is 5.69 Å². The zero-order chi connectivity index (χ0) is 21.4. The van der Waals surface area contributed by atoms with Crippen molar-refractivity contribution in [1.29, 1.82) is 0 Å². The summed E-state index contributed by atoms with van der Waals surface area (Å²) in [5.41, 5.74) is 3.13. The minimum absolute atomic E-state index is 0.423. The van der Waals surface area contributed by atoms with Gasteiger partial charge in [0.2, 0.25) is 0 Å². The second-order valence-electron chi connectivity index (χ2n) is 8.94. The van der Waals surface area contributed by atoms with Gasteiger partial charge in [-0.1, -0.05) is 13.8 Å². The van der Waals surface area contributed by atoms with Crippen molar-refractivity contribution in [2.24, 2.45) is 0 Å². The second-order valence-corrected chi connectivity index (χ2v) is 8.94. The van der Waals surface area contributed by atoms with Crippen LogP contribution in [0.1, 0.15) is 60.1 Å². The Morgan fingerprint density at radius 2 is 1.62 bits per heavy atom. The SMILES string of the molecule is CCCN(CCC)c1cc(C)nc2c(B3OC(C)(C)C(C)(C)O3)c(OC)ccc12. The molecular weight excluding hydrogens is 363 g/mol. The number of fused-ring (bicyclic) bond motifs is 1. The van der Waals surface area contributed by atoms with E-state index >= 15 is 0 Å². The third kappa shape index (κ3) is 3.97. The largest absolute Gasteiger partial charge is 0.500 e. The number of benzene rings is 1. The van der Waals surface area contributed by atoms with Gasteiger partial charge in [0.15, 0.2) is 0 Å². The topological polar surface area (TPSA) is 43.8 Å². The van der Waals surface area contributed by atoms with Gasteiger partial charge in [0.05, 0.1) is 29.3 Å². The standard InChI is InChI=1S/C23H35BN2O3/c1-9-13-26(14-10-2)18-15-16(3)25-21-17(18)11-12-19(27-8)20(21)24-28-22(4,5)23(6,7)29-24/h11-12,15H,9-10,13-14H2,1-8H3. The van der Waals surface area contributed by atoms with E-state index in [9.17, 15) is 0 Å². The van der Waals surface area contributed by atoms with E-state index in [1.54, 1.807) is 7.11 Å². The van der Waals surface area contributed by atoms with Crippen molar-refractivity contribution in [3.05, 3.63) is 23.9 Å². The number of aromatic nitrogens is 1. The molecule has 1 aliphatic heterocycles. The third-order valence-corrected chi connectivity index (χ3v) is 6.12. The lowest BCUT2D eigenvalue weighted by Crippen LogP contribution is -2.41. The van der Waals surface area contributed by atoms with E-state index in [0.717, 1.165) is 53.7 Å². The molecule has 0 amide bonds. The van der Waals surface area contributed by atoms with E-state index in [0.29, 0.717) is 0 Å². The molecular formula is C23H35BN2O3. The molecule has 6 heteroatoms. The number of hydrogen-bond donors (Lipinski definition) is 0. The molecule has 1 aliphatic rings. The highest BCUT2D eigenvalue weighted by Gasteiger charge is 2.53. The van der Waals surface area contributed by atoms with Crippen molar-refractivity contribution in [2.75, 3.05) is 25.1 Å². The van der Waals surface area contributed by atoms with Gasteiger partial charge >= 0.3 is 7.12 Å². The van der Waals surface area contributed by atoms with Gasteiger partial charge in [-0.2, -0.15) is 0 Å². The highest BCUT2D eigenvalue weighted by Crippen LogP contribution is 2.38. The molecule has 0 aliphatic carbocycles. The van der Waals surface area contributed by atoms with Crippen LogP contribution < -0.4 is 15.1 Å². The maximum Gasteiger partial charge on any atom is 0.500 e. The number of anilines is 1. The van der Waals surface area contributed by atoms with Gasteiger partial charge < -0.3 is 18.9 Å². The normalized spacial score (nSPS) is 17.7. The zero-order valence-electron chi connectivity index (χ0n) is 19.3. The van der Waals surface area contributed by atoms with E-state index in [-0.39, 0.29) is 0 Å². The zero-order valence-corrected chi connectivity index (χ0v) is 19.3. The first-order chi connectivity index (χ1) is 13.6. The number of hydrogen-bond acceptors (Lipinski definition) is 5. The van der Waals surface area contributed by atoms with Crippen molar-refractivity contribution >= 4 is 29.2 Å². The summed E-state index contributed by atoms with van der Waals surface area (Å²) < 4.78 is 18.5.